The van der Waals surface area contributed by atoms with E-state index in [1.807, 2.05) is 0 Å². The summed E-state index contributed by atoms with van der Waals surface area (Å²) in [4.78, 5) is 25.7. The van der Waals surface area contributed by atoms with Crippen LogP contribution in [0.25, 0.3) is 0 Å². The van der Waals surface area contributed by atoms with Crippen molar-refractivity contribution in [2.75, 3.05) is 13.1 Å². The molecule has 0 aromatic heterocycles. The van der Waals surface area contributed by atoms with Crippen LogP contribution in [0.4, 0.5) is 0 Å². The van der Waals surface area contributed by atoms with Crippen LogP contribution < -0.4 is 11.5 Å². The Balaban J connectivity index is 2.07. The van der Waals surface area contributed by atoms with E-state index in [1.54, 1.807) is 4.90 Å². The van der Waals surface area contributed by atoms with Crippen molar-refractivity contribution in [1.82, 2.24) is 4.90 Å². The van der Waals surface area contributed by atoms with E-state index in [2.05, 4.69) is 0 Å². The van der Waals surface area contributed by atoms with Crippen LogP contribution in [0.1, 0.15) is 44.9 Å². The van der Waals surface area contributed by atoms with Gasteiger partial charge in [-0.05, 0) is 38.1 Å². The number of carbonyl (C=O) groups excluding carboxylic acids is 2. The Morgan fingerprint density at radius 1 is 1.05 bits per heavy atom. The molecule has 2 rings (SSSR count). The maximum atomic E-state index is 12.7. The first-order valence-corrected chi connectivity index (χ1v) is 7.42. The number of amides is 2. The van der Waals surface area contributed by atoms with Gasteiger partial charge in [-0.15, -0.1) is 0 Å². The molecular formula is C14H25N3O2. The quantitative estimate of drug-likeness (QED) is 0.765. The van der Waals surface area contributed by atoms with Crippen LogP contribution in [0, 0.1) is 11.8 Å². The number of hydrogen-bond donors (Lipinski definition) is 2. The molecule has 0 bridgehead atoms. The summed E-state index contributed by atoms with van der Waals surface area (Å²) in [7, 11) is 0. The number of nitrogens with two attached hydrogens (primary N) is 2. The van der Waals surface area contributed by atoms with Gasteiger partial charge >= 0.3 is 0 Å². The summed E-state index contributed by atoms with van der Waals surface area (Å²) in [5, 5.41) is 0. The van der Waals surface area contributed by atoms with Crippen LogP contribution in [-0.4, -0.2) is 35.8 Å². The van der Waals surface area contributed by atoms with Gasteiger partial charge in [-0.2, -0.15) is 0 Å². The maximum absolute atomic E-state index is 12.7. The maximum Gasteiger partial charge on any atom is 0.237 e. The van der Waals surface area contributed by atoms with Gasteiger partial charge in [0.05, 0.1) is 6.54 Å². The predicted molar refractivity (Wildman–Crippen MR) is 73.0 cm³/mol. The van der Waals surface area contributed by atoms with E-state index < -0.39 is 5.91 Å². The summed E-state index contributed by atoms with van der Waals surface area (Å²) in [5.41, 5.74) is 11.1. The smallest absolute Gasteiger partial charge is 0.237 e. The van der Waals surface area contributed by atoms with Crippen molar-refractivity contribution in [3.05, 3.63) is 0 Å². The minimum atomic E-state index is -0.414. The fraction of sp³-hybridized carbons (Fsp3) is 0.857. The zero-order valence-electron chi connectivity index (χ0n) is 11.5. The molecule has 2 atom stereocenters. The second kappa shape index (κ2) is 6.37. The number of nitrogens with zero attached hydrogens (tertiary/aromatic N) is 1. The average Bonchev–Trinajstić information content (AvgIpc) is 3.05. The monoisotopic (exact) mass is 267 g/mol. The Morgan fingerprint density at radius 3 is 2.32 bits per heavy atom. The lowest BCUT2D eigenvalue weighted by Gasteiger charge is -2.32. The number of primary amides is 1. The summed E-state index contributed by atoms with van der Waals surface area (Å²) < 4.78 is 0. The second-order valence-corrected chi connectivity index (χ2v) is 5.90. The molecule has 0 aromatic carbocycles. The van der Waals surface area contributed by atoms with Gasteiger partial charge in [0.1, 0.15) is 0 Å². The molecule has 2 fully saturated rings. The minimum Gasteiger partial charge on any atom is -0.368 e. The highest BCUT2D eigenvalue weighted by Crippen LogP contribution is 2.34. The Kier molecular flexibility index (Phi) is 4.80. The highest BCUT2D eigenvalue weighted by molar-refractivity contribution is 5.85. The van der Waals surface area contributed by atoms with Crippen LogP contribution in [-0.2, 0) is 9.59 Å². The summed E-state index contributed by atoms with van der Waals surface area (Å²) >= 11 is 0. The summed E-state index contributed by atoms with van der Waals surface area (Å²) in [6.45, 7) is 0.628. The summed E-state index contributed by atoms with van der Waals surface area (Å²) in [5.74, 6) is -0.0181. The van der Waals surface area contributed by atoms with Crippen LogP contribution >= 0.6 is 0 Å². The lowest BCUT2D eigenvalue weighted by molar-refractivity contribution is -0.142. The third-order valence-corrected chi connectivity index (χ3v) is 4.65. The van der Waals surface area contributed by atoms with E-state index in [1.165, 1.54) is 0 Å². The molecular weight excluding hydrogens is 242 g/mol. The molecule has 2 amide bonds. The molecule has 19 heavy (non-hydrogen) atoms. The molecule has 0 aliphatic heterocycles. The van der Waals surface area contributed by atoms with Crippen LogP contribution in [0.15, 0.2) is 0 Å². The van der Waals surface area contributed by atoms with Gasteiger partial charge < -0.3 is 16.4 Å². The van der Waals surface area contributed by atoms with Gasteiger partial charge in [-0.1, -0.05) is 19.3 Å². The SMILES string of the molecule is NCC1CCCC1C(=O)N(CC(N)=O)C1CCCC1. The third-order valence-electron chi connectivity index (χ3n) is 4.65. The van der Waals surface area contributed by atoms with Crippen LogP contribution in [0.3, 0.4) is 0 Å². The van der Waals surface area contributed by atoms with Crippen molar-refractivity contribution in [2.45, 2.75) is 51.0 Å². The summed E-state index contributed by atoms with van der Waals surface area (Å²) in [6, 6.07) is 0.207. The van der Waals surface area contributed by atoms with E-state index in [0.717, 1.165) is 44.9 Å². The first-order valence-electron chi connectivity index (χ1n) is 7.42. The minimum absolute atomic E-state index is 0.00458. The molecule has 108 valence electrons. The van der Waals surface area contributed by atoms with Gasteiger partial charge in [0.15, 0.2) is 0 Å². The first kappa shape index (κ1) is 14.3. The standard InChI is InChI=1S/C14H25N3O2/c15-8-10-4-3-7-12(10)14(19)17(9-13(16)18)11-5-1-2-6-11/h10-12H,1-9,15H2,(H2,16,18). The van der Waals surface area contributed by atoms with Gasteiger partial charge in [0, 0.05) is 12.0 Å². The van der Waals surface area contributed by atoms with E-state index in [-0.39, 0.29) is 30.3 Å². The molecule has 0 heterocycles. The molecule has 0 radical (unpaired) electrons. The van der Waals surface area contributed by atoms with Crippen molar-refractivity contribution >= 4 is 11.8 Å². The third kappa shape index (κ3) is 3.26. The molecule has 5 nitrogen and oxygen atoms in total. The molecule has 2 unspecified atom stereocenters. The van der Waals surface area contributed by atoms with Crippen molar-refractivity contribution in [2.24, 2.45) is 23.3 Å². The first-order chi connectivity index (χ1) is 9.13. The van der Waals surface area contributed by atoms with Crippen molar-refractivity contribution in [1.29, 1.82) is 0 Å². The molecule has 0 saturated heterocycles. The Bertz CT molecular complexity index is 340. The Hall–Kier alpha value is -1.10. The zero-order chi connectivity index (χ0) is 13.8. The lowest BCUT2D eigenvalue weighted by atomic mass is 9.94. The van der Waals surface area contributed by atoms with E-state index in [0.29, 0.717) is 6.54 Å². The van der Waals surface area contributed by atoms with Crippen LogP contribution in [0.2, 0.25) is 0 Å². The van der Waals surface area contributed by atoms with Crippen molar-refractivity contribution in [3.63, 3.8) is 0 Å². The fourth-order valence-corrected chi connectivity index (χ4v) is 3.63. The zero-order valence-corrected chi connectivity index (χ0v) is 11.5. The van der Waals surface area contributed by atoms with Crippen molar-refractivity contribution < 1.29 is 9.59 Å². The molecule has 2 aliphatic carbocycles. The highest BCUT2D eigenvalue weighted by atomic mass is 16.2. The lowest BCUT2D eigenvalue weighted by Crippen LogP contribution is -2.48. The molecule has 4 N–H and O–H groups in total. The molecule has 0 spiro atoms. The molecule has 2 saturated carbocycles. The topological polar surface area (TPSA) is 89.4 Å². The Labute approximate surface area is 114 Å². The normalized spacial score (nSPS) is 27.6. The highest BCUT2D eigenvalue weighted by Gasteiger charge is 2.38. The van der Waals surface area contributed by atoms with Gasteiger partial charge in [0.25, 0.3) is 0 Å². The van der Waals surface area contributed by atoms with E-state index >= 15 is 0 Å². The Morgan fingerprint density at radius 2 is 1.74 bits per heavy atom. The number of carbonyl (C=O) groups is 2. The van der Waals surface area contributed by atoms with Crippen LogP contribution in [0.5, 0.6) is 0 Å². The average molecular weight is 267 g/mol. The summed E-state index contributed by atoms with van der Waals surface area (Å²) in [6.07, 6.45) is 7.27. The number of rotatable bonds is 5. The van der Waals surface area contributed by atoms with E-state index in [9.17, 15) is 9.59 Å². The fourth-order valence-electron chi connectivity index (χ4n) is 3.63. The predicted octanol–water partition coefficient (Wildman–Crippen LogP) is 0.618. The number of hydrogen-bond acceptors (Lipinski definition) is 3. The molecule has 5 heteroatoms. The van der Waals surface area contributed by atoms with Gasteiger partial charge in [-0.25, -0.2) is 0 Å². The molecule has 2 aliphatic rings. The van der Waals surface area contributed by atoms with E-state index in [4.69, 9.17) is 11.5 Å². The van der Waals surface area contributed by atoms with Gasteiger partial charge in [0.2, 0.25) is 11.8 Å². The van der Waals surface area contributed by atoms with Gasteiger partial charge in [-0.3, -0.25) is 9.59 Å². The van der Waals surface area contributed by atoms with Crippen molar-refractivity contribution in [3.8, 4) is 0 Å². The molecule has 0 aromatic rings. The largest absolute Gasteiger partial charge is 0.368 e. The second-order valence-electron chi connectivity index (χ2n) is 5.90.